The van der Waals surface area contributed by atoms with Gasteiger partial charge in [-0.2, -0.15) is 13.2 Å². The maximum Gasteiger partial charge on any atom is 0.416 e. The summed E-state index contributed by atoms with van der Waals surface area (Å²) in [6.45, 7) is 1.79. The second-order valence-electron chi connectivity index (χ2n) is 4.52. The Hall–Kier alpha value is -1.86. The number of anilines is 1. The number of hydrogen-bond acceptors (Lipinski definition) is 3. The van der Waals surface area contributed by atoms with Gasteiger partial charge in [0.25, 0.3) is 5.91 Å². The van der Waals surface area contributed by atoms with E-state index in [1.807, 2.05) is 0 Å². The first-order valence-corrected chi connectivity index (χ1v) is 6.93. The number of alkyl halides is 3. The Bertz CT molecular complexity index is 650. The molecule has 0 saturated heterocycles. The van der Waals surface area contributed by atoms with Crippen molar-refractivity contribution in [2.24, 2.45) is 5.73 Å². The molecule has 3 nitrogen and oxygen atoms in total. The van der Waals surface area contributed by atoms with Crippen molar-refractivity contribution in [2.45, 2.75) is 19.1 Å². The standard InChI is InChI=1S/C14H13F3N2OS/c1-8(18)11-5-6-12(21-11)13(20)19-10-4-2-3-9(7-10)14(15,16)17/h2-8H,18H2,1H3,(H,19,20). The van der Waals surface area contributed by atoms with E-state index in [0.29, 0.717) is 4.88 Å². The minimum Gasteiger partial charge on any atom is -0.324 e. The van der Waals surface area contributed by atoms with Gasteiger partial charge >= 0.3 is 6.18 Å². The van der Waals surface area contributed by atoms with Crippen LogP contribution in [0.3, 0.4) is 0 Å². The molecule has 0 aliphatic carbocycles. The summed E-state index contributed by atoms with van der Waals surface area (Å²) >= 11 is 1.22. The average Bonchev–Trinajstić information content (AvgIpc) is 2.88. The zero-order chi connectivity index (χ0) is 15.6. The number of hydrogen-bond donors (Lipinski definition) is 2. The van der Waals surface area contributed by atoms with Crippen molar-refractivity contribution in [2.75, 3.05) is 5.32 Å². The number of carbonyl (C=O) groups excluding carboxylic acids is 1. The lowest BCUT2D eigenvalue weighted by Crippen LogP contribution is -2.11. The highest BCUT2D eigenvalue weighted by Crippen LogP contribution is 2.31. The number of halogens is 3. The molecule has 112 valence electrons. The summed E-state index contributed by atoms with van der Waals surface area (Å²) in [7, 11) is 0. The van der Waals surface area contributed by atoms with Gasteiger partial charge in [-0.3, -0.25) is 4.79 Å². The number of rotatable bonds is 3. The van der Waals surface area contributed by atoms with E-state index in [4.69, 9.17) is 5.73 Å². The van der Waals surface area contributed by atoms with Gasteiger partial charge in [-0.25, -0.2) is 0 Å². The molecule has 2 aromatic rings. The topological polar surface area (TPSA) is 55.1 Å². The van der Waals surface area contributed by atoms with Crippen molar-refractivity contribution in [1.82, 2.24) is 0 Å². The average molecular weight is 314 g/mol. The van der Waals surface area contributed by atoms with Gasteiger partial charge in [-0.15, -0.1) is 11.3 Å². The maximum absolute atomic E-state index is 12.6. The molecule has 0 aliphatic heterocycles. The van der Waals surface area contributed by atoms with Gasteiger partial charge in [0.2, 0.25) is 0 Å². The molecule has 0 fully saturated rings. The SMILES string of the molecule is CC(N)c1ccc(C(=O)Nc2cccc(C(F)(F)F)c2)s1. The fourth-order valence-electron chi connectivity index (χ4n) is 1.69. The van der Waals surface area contributed by atoms with Crippen LogP contribution < -0.4 is 11.1 Å². The number of thiophene rings is 1. The Balaban J connectivity index is 2.15. The van der Waals surface area contributed by atoms with Crippen molar-refractivity contribution in [3.05, 3.63) is 51.7 Å². The predicted octanol–water partition coefficient (Wildman–Crippen LogP) is 4.04. The predicted molar refractivity (Wildman–Crippen MR) is 76.3 cm³/mol. The first-order chi connectivity index (χ1) is 9.77. The van der Waals surface area contributed by atoms with Crippen LogP contribution in [0.4, 0.5) is 18.9 Å². The molecule has 7 heteroatoms. The summed E-state index contributed by atoms with van der Waals surface area (Å²) in [4.78, 5) is 13.2. The Kier molecular flexibility index (Phi) is 4.34. The Morgan fingerprint density at radius 3 is 2.57 bits per heavy atom. The van der Waals surface area contributed by atoms with E-state index < -0.39 is 17.6 Å². The van der Waals surface area contributed by atoms with E-state index in [1.165, 1.54) is 23.5 Å². The number of carbonyl (C=O) groups is 1. The molecule has 1 unspecified atom stereocenters. The highest BCUT2D eigenvalue weighted by molar-refractivity contribution is 7.14. The summed E-state index contributed by atoms with van der Waals surface area (Å²) < 4.78 is 37.8. The van der Waals surface area contributed by atoms with Crippen LogP contribution in [0.5, 0.6) is 0 Å². The van der Waals surface area contributed by atoms with Crippen LogP contribution >= 0.6 is 11.3 Å². The smallest absolute Gasteiger partial charge is 0.324 e. The van der Waals surface area contributed by atoms with Crippen molar-refractivity contribution < 1.29 is 18.0 Å². The summed E-state index contributed by atoms with van der Waals surface area (Å²) in [5.41, 5.74) is 5.00. The molecule has 1 atom stereocenters. The Labute approximate surface area is 123 Å². The second-order valence-corrected chi connectivity index (χ2v) is 5.64. The largest absolute Gasteiger partial charge is 0.416 e. The van der Waals surface area contributed by atoms with Crippen molar-refractivity contribution in [1.29, 1.82) is 0 Å². The van der Waals surface area contributed by atoms with Crippen LogP contribution in [0.1, 0.15) is 33.1 Å². The van der Waals surface area contributed by atoms with Crippen LogP contribution in [0, 0.1) is 0 Å². The lowest BCUT2D eigenvalue weighted by Gasteiger charge is -2.09. The highest BCUT2D eigenvalue weighted by Gasteiger charge is 2.30. The maximum atomic E-state index is 12.6. The quantitative estimate of drug-likeness (QED) is 0.898. The van der Waals surface area contributed by atoms with E-state index in [1.54, 1.807) is 19.1 Å². The summed E-state index contributed by atoms with van der Waals surface area (Å²) in [5, 5.41) is 2.45. The Morgan fingerprint density at radius 1 is 1.29 bits per heavy atom. The molecule has 2 rings (SSSR count). The zero-order valence-corrected chi connectivity index (χ0v) is 11.9. The third kappa shape index (κ3) is 3.83. The van der Waals surface area contributed by atoms with Crippen LogP contribution in [-0.2, 0) is 6.18 Å². The van der Waals surface area contributed by atoms with Gasteiger partial charge in [0, 0.05) is 16.6 Å². The fraction of sp³-hybridized carbons (Fsp3) is 0.214. The number of nitrogens with two attached hydrogens (primary N) is 1. The molecule has 3 N–H and O–H groups in total. The van der Waals surface area contributed by atoms with Gasteiger partial charge in [0.1, 0.15) is 0 Å². The molecular formula is C14H13F3N2OS. The van der Waals surface area contributed by atoms with Crippen LogP contribution in [0.15, 0.2) is 36.4 Å². The van der Waals surface area contributed by atoms with Crippen molar-refractivity contribution in [3.8, 4) is 0 Å². The van der Waals surface area contributed by atoms with Gasteiger partial charge in [0.15, 0.2) is 0 Å². The van der Waals surface area contributed by atoms with E-state index in [9.17, 15) is 18.0 Å². The molecule has 0 bridgehead atoms. The minimum atomic E-state index is -4.44. The number of nitrogens with one attached hydrogen (secondary N) is 1. The lowest BCUT2D eigenvalue weighted by molar-refractivity contribution is -0.137. The molecule has 21 heavy (non-hydrogen) atoms. The van der Waals surface area contributed by atoms with Gasteiger partial charge in [0.05, 0.1) is 10.4 Å². The molecule has 0 aliphatic rings. The highest BCUT2D eigenvalue weighted by atomic mass is 32.1. The molecule has 1 heterocycles. The van der Waals surface area contributed by atoms with E-state index >= 15 is 0 Å². The van der Waals surface area contributed by atoms with Crippen molar-refractivity contribution in [3.63, 3.8) is 0 Å². The van der Waals surface area contributed by atoms with E-state index in [2.05, 4.69) is 5.32 Å². The lowest BCUT2D eigenvalue weighted by atomic mass is 10.2. The third-order valence-electron chi connectivity index (χ3n) is 2.75. The number of amides is 1. The van der Waals surface area contributed by atoms with Gasteiger partial charge in [-0.1, -0.05) is 6.07 Å². The summed E-state index contributed by atoms with van der Waals surface area (Å²) in [5.74, 6) is -0.453. The molecule has 0 saturated carbocycles. The molecule has 0 radical (unpaired) electrons. The van der Waals surface area contributed by atoms with E-state index in [0.717, 1.165) is 17.0 Å². The monoisotopic (exact) mass is 314 g/mol. The van der Waals surface area contributed by atoms with Crippen LogP contribution in [-0.4, -0.2) is 5.91 Å². The Morgan fingerprint density at radius 2 is 2.00 bits per heavy atom. The van der Waals surface area contributed by atoms with Gasteiger partial charge < -0.3 is 11.1 Å². The first-order valence-electron chi connectivity index (χ1n) is 6.11. The fourth-order valence-corrected chi connectivity index (χ4v) is 2.54. The third-order valence-corrected chi connectivity index (χ3v) is 4.03. The first kappa shape index (κ1) is 15.5. The normalized spacial score (nSPS) is 13.0. The number of benzene rings is 1. The molecule has 1 aromatic heterocycles. The zero-order valence-electron chi connectivity index (χ0n) is 11.1. The van der Waals surface area contributed by atoms with Crippen LogP contribution in [0.2, 0.25) is 0 Å². The molecular weight excluding hydrogens is 301 g/mol. The summed E-state index contributed by atoms with van der Waals surface area (Å²) in [6, 6.07) is 7.66. The molecule has 1 aromatic carbocycles. The summed E-state index contributed by atoms with van der Waals surface area (Å²) in [6.07, 6.45) is -4.44. The van der Waals surface area contributed by atoms with Gasteiger partial charge in [-0.05, 0) is 37.3 Å². The van der Waals surface area contributed by atoms with Crippen molar-refractivity contribution >= 4 is 22.9 Å². The second kappa shape index (κ2) is 5.87. The minimum absolute atomic E-state index is 0.102. The molecule has 1 amide bonds. The molecule has 0 spiro atoms. The van der Waals surface area contributed by atoms with Crippen LogP contribution in [0.25, 0.3) is 0 Å². The van der Waals surface area contributed by atoms with E-state index in [-0.39, 0.29) is 11.7 Å².